The quantitative estimate of drug-likeness (QED) is 0.873. The number of anilines is 1. The molecule has 0 radical (unpaired) electrons. The van der Waals surface area contributed by atoms with Crippen LogP contribution in [0.15, 0.2) is 36.9 Å². The van der Waals surface area contributed by atoms with Crippen LogP contribution < -0.4 is 10.2 Å². The van der Waals surface area contributed by atoms with Crippen LogP contribution in [0.25, 0.3) is 0 Å². The fourth-order valence-corrected chi connectivity index (χ4v) is 2.34. The van der Waals surface area contributed by atoms with Gasteiger partial charge in [-0.1, -0.05) is 0 Å². The minimum absolute atomic E-state index is 0.177. The summed E-state index contributed by atoms with van der Waals surface area (Å²) < 4.78 is 7.33. The van der Waals surface area contributed by atoms with Crippen molar-refractivity contribution < 1.29 is 9.53 Å². The van der Waals surface area contributed by atoms with Gasteiger partial charge in [-0.25, -0.2) is 9.97 Å². The highest BCUT2D eigenvalue weighted by atomic mass is 16.5. The lowest BCUT2D eigenvalue weighted by molar-refractivity contribution is 0.0947. The molecule has 7 nitrogen and oxygen atoms in total. The first-order chi connectivity index (χ1) is 10.8. The topological polar surface area (TPSA) is 72.3 Å². The maximum absolute atomic E-state index is 12.2. The zero-order valence-corrected chi connectivity index (χ0v) is 12.3. The lowest BCUT2D eigenvalue weighted by Crippen LogP contribution is -2.37. The smallest absolute Gasteiger partial charge is 0.270 e. The van der Waals surface area contributed by atoms with E-state index in [2.05, 4.69) is 20.2 Å². The van der Waals surface area contributed by atoms with Crippen molar-refractivity contribution >= 4 is 11.7 Å². The molecule has 0 saturated carbocycles. The zero-order valence-electron chi connectivity index (χ0n) is 12.3. The maximum Gasteiger partial charge on any atom is 0.270 e. The second kappa shape index (κ2) is 7.04. The number of hydrogen-bond acceptors (Lipinski definition) is 5. The summed E-state index contributed by atoms with van der Waals surface area (Å²) in [5.41, 5.74) is 0.393. The molecule has 0 bridgehead atoms. The molecule has 22 heavy (non-hydrogen) atoms. The van der Waals surface area contributed by atoms with Gasteiger partial charge in [0.2, 0.25) is 0 Å². The van der Waals surface area contributed by atoms with Gasteiger partial charge in [0.15, 0.2) is 0 Å². The molecular weight excluding hydrogens is 282 g/mol. The van der Waals surface area contributed by atoms with Gasteiger partial charge in [-0.3, -0.25) is 4.79 Å². The van der Waals surface area contributed by atoms with Crippen LogP contribution in [-0.2, 0) is 11.3 Å². The second-order valence-electron chi connectivity index (χ2n) is 5.04. The minimum Gasteiger partial charge on any atom is -0.378 e. The summed E-state index contributed by atoms with van der Waals surface area (Å²) in [4.78, 5) is 22.6. The number of nitrogens with zero attached hydrogens (tertiary/aromatic N) is 4. The van der Waals surface area contributed by atoms with E-state index < -0.39 is 0 Å². The average molecular weight is 301 g/mol. The van der Waals surface area contributed by atoms with Crippen LogP contribution in [0.5, 0.6) is 0 Å². The van der Waals surface area contributed by atoms with Gasteiger partial charge in [-0.15, -0.1) is 0 Å². The Balaban J connectivity index is 1.57. The molecule has 3 heterocycles. The van der Waals surface area contributed by atoms with Gasteiger partial charge < -0.3 is 19.5 Å². The number of ether oxygens (including phenoxy) is 1. The molecule has 0 atom stereocenters. The van der Waals surface area contributed by atoms with Crippen LogP contribution in [0, 0.1) is 0 Å². The fraction of sp³-hybridized carbons (Fsp3) is 0.400. The van der Waals surface area contributed by atoms with E-state index in [4.69, 9.17) is 4.74 Å². The lowest BCUT2D eigenvalue weighted by Gasteiger charge is -2.27. The number of hydrogen-bond donors (Lipinski definition) is 1. The Bertz CT molecular complexity index is 608. The monoisotopic (exact) mass is 301 g/mol. The van der Waals surface area contributed by atoms with Gasteiger partial charge in [0.05, 0.1) is 13.2 Å². The maximum atomic E-state index is 12.2. The Labute approximate surface area is 128 Å². The standard InChI is InChI=1S/C15H19N5O2/c21-15(16-3-6-19-4-1-2-5-19)13-11-14(18-12-17-13)20-7-9-22-10-8-20/h1-2,4-5,11-12H,3,6-10H2,(H,16,21). The Kier molecular flexibility index (Phi) is 4.65. The molecule has 2 aromatic rings. The Hall–Kier alpha value is -2.41. The number of rotatable bonds is 5. The molecule has 3 rings (SSSR count). The third-order valence-electron chi connectivity index (χ3n) is 3.54. The van der Waals surface area contributed by atoms with Crippen LogP contribution >= 0.6 is 0 Å². The third-order valence-corrected chi connectivity index (χ3v) is 3.54. The van der Waals surface area contributed by atoms with Crippen LogP contribution in [0.2, 0.25) is 0 Å². The van der Waals surface area contributed by atoms with E-state index in [0.29, 0.717) is 25.5 Å². The predicted molar refractivity (Wildman–Crippen MR) is 81.8 cm³/mol. The molecule has 0 unspecified atom stereocenters. The highest BCUT2D eigenvalue weighted by Gasteiger charge is 2.15. The highest BCUT2D eigenvalue weighted by Crippen LogP contribution is 2.12. The van der Waals surface area contributed by atoms with E-state index in [-0.39, 0.29) is 5.91 Å². The first-order valence-corrected chi connectivity index (χ1v) is 7.36. The first-order valence-electron chi connectivity index (χ1n) is 7.36. The van der Waals surface area contributed by atoms with Crippen LogP contribution in [0.3, 0.4) is 0 Å². The number of amides is 1. The normalized spacial score (nSPS) is 14.8. The summed E-state index contributed by atoms with van der Waals surface area (Å²) in [7, 11) is 0. The molecule has 1 aliphatic heterocycles. The van der Waals surface area contributed by atoms with E-state index in [0.717, 1.165) is 25.5 Å². The SMILES string of the molecule is O=C(NCCn1cccc1)c1cc(N2CCOCC2)ncn1. The van der Waals surface area contributed by atoms with E-state index in [1.807, 2.05) is 29.1 Å². The van der Waals surface area contributed by atoms with E-state index in [1.165, 1.54) is 6.33 Å². The molecule has 1 aliphatic rings. The Morgan fingerprint density at radius 3 is 2.77 bits per heavy atom. The van der Waals surface area contributed by atoms with Crippen molar-refractivity contribution in [1.82, 2.24) is 19.9 Å². The van der Waals surface area contributed by atoms with Crippen LogP contribution in [-0.4, -0.2) is 53.3 Å². The molecule has 0 aromatic carbocycles. The van der Waals surface area contributed by atoms with E-state index in [1.54, 1.807) is 6.07 Å². The summed E-state index contributed by atoms with van der Waals surface area (Å²) in [6.07, 6.45) is 5.37. The van der Waals surface area contributed by atoms with Gasteiger partial charge in [0.25, 0.3) is 5.91 Å². The van der Waals surface area contributed by atoms with Crippen LogP contribution in [0.4, 0.5) is 5.82 Å². The van der Waals surface area contributed by atoms with E-state index >= 15 is 0 Å². The van der Waals surface area contributed by atoms with Crippen molar-refractivity contribution in [3.63, 3.8) is 0 Å². The first kappa shape index (κ1) is 14.5. The summed E-state index contributed by atoms with van der Waals surface area (Å²) in [5.74, 6) is 0.595. The van der Waals surface area contributed by atoms with Crippen molar-refractivity contribution in [3.05, 3.63) is 42.6 Å². The molecule has 1 N–H and O–H groups in total. The summed E-state index contributed by atoms with van der Waals surface area (Å²) >= 11 is 0. The van der Waals surface area contributed by atoms with E-state index in [9.17, 15) is 4.79 Å². The van der Waals surface area contributed by atoms with Crippen molar-refractivity contribution in [1.29, 1.82) is 0 Å². The van der Waals surface area contributed by atoms with Gasteiger partial charge in [-0.05, 0) is 12.1 Å². The molecule has 1 saturated heterocycles. The predicted octanol–water partition coefficient (Wildman–Crippen LogP) is 0.545. The highest BCUT2D eigenvalue weighted by molar-refractivity contribution is 5.92. The Morgan fingerprint density at radius 2 is 2.00 bits per heavy atom. The summed E-state index contributed by atoms with van der Waals surface area (Å²) in [5, 5.41) is 2.87. The van der Waals surface area contributed by atoms with Gasteiger partial charge in [0.1, 0.15) is 17.8 Å². The zero-order chi connectivity index (χ0) is 15.2. The molecule has 1 amide bonds. The molecule has 7 heteroatoms. The molecule has 2 aromatic heterocycles. The number of carbonyl (C=O) groups is 1. The van der Waals surface area contributed by atoms with Crippen molar-refractivity contribution in [2.24, 2.45) is 0 Å². The average Bonchev–Trinajstić information content (AvgIpc) is 3.09. The molecule has 0 aliphatic carbocycles. The third kappa shape index (κ3) is 3.62. The molecular formula is C15H19N5O2. The fourth-order valence-electron chi connectivity index (χ4n) is 2.34. The minimum atomic E-state index is -0.177. The molecule has 1 fully saturated rings. The van der Waals surface area contributed by atoms with Gasteiger partial charge >= 0.3 is 0 Å². The van der Waals surface area contributed by atoms with Crippen molar-refractivity contribution in [3.8, 4) is 0 Å². The lowest BCUT2D eigenvalue weighted by atomic mass is 10.3. The summed E-state index contributed by atoms with van der Waals surface area (Å²) in [6, 6.07) is 5.65. The number of morpholine rings is 1. The van der Waals surface area contributed by atoms with Gasteiger partial charge in [-0.2, -0.15) is 0 Å². The van der Waals surface area contributed by atoms with Crippen LogP contribution in [0.1, 0.15) is 10.5 Å². The number of aromatic nitrogens is 3. The number of carbonyl (C=O) groups excluding carboxylic acids is 1. The van der Waals surface area contributed by atoms with Gasteiger partial charge in [0, 0.05) is 44.6 Å². The van der Waals surface area contributed by atoms with Crippen molar-refractivity contribution in [2.75, 3.05) is 37.7 Å². The van der Waals surface area contributed by atoms with Crippen molar-refractivity contribution in [2.45, 2.75) is 6.54 Å². The molecule has 0 spiro atoms. The largest absolute Gasteiger partial charge is 0.378 e. The summed E-state index contributed by atoms with van der Waals surface area (Å²) in [6.45, 7) is 4.23. The molecule has 116 valence electrons. The number of nitrogens with one attached hydrogen (secondary N) is 1. The Morgan fingerprint density at radius 1 is 1.23 bits per heavy atom. The second-order valence-corrected chi connectivity index (χ2v) is 5.04.